The standard InChI is InChI=1S/C20H24O5/c1-10-8-18-9-19(10,24)6-4-12(18)20-7-5-13(21)17(3,11(2)25-20)15(20)14(18)16(22)23/h5,7,12-15,21,24H,1-2,4,6,8-9H2,3H3,(H,22,23)/t12-,13+,14+,15-,17-,18+,19+,20-/m0/s1. The molecule has 1 aliphatic heterocycles. The summed E-state index contributed by atoms with van der Waals surface area (Å²) in [4.78, 5) is 12.5. The van der Waals surface area contributed by atoms with Crippen LogP contribution in [0.5, 0.6) is 0 Å². The molecule has 3 saturated carbocycles. The highest BCUT2D eigenvalue weighted by Gasteiger charge is 2.82. The number of hydrogen-bond donors (Lipinski definition) is 3. The van der Waals surface area contributed by atoms with Crippen molar-refractivity contribution in [3.63, 3.8) is 0 Å². The summed E-state index contributed by atoms with van der Waals surface area (Å²) >= 11 is 0. The third-order valence-corrected chi connectivity index (χ3v) is 8.31. The topological polar surface area (TPSA) is 87.0 Å². The molecule has 5 aliphatic rings. The number of carbonyl (C=O) groups is 1. The second-order valence-electron chi connectivity index (χ2n) is 9.07. The van der Waals surface area contributed by atoms with Gasteiger partial charge in [-0.05, 0) is 49.7 Å². The lowest BCUT2D eigenvalue weighted by atomic mass is 9.60. The van der Waals surface area contributed by atoms with E-state index in [1.54, 1.807) is 6.08 Å². The van der Waals surface area contributed by atoms with E-state index < -0.39 is 40.0 Å². The van der Waals surface area contributed by atoms with Crippen molar-refractivity contribution >= 4 is 5.97 Å². The lowest BCUT2D eigenvalue weighted by Gasteiger charge is -2.44. The van der Waals surface area contributed by atoms with Gasteiger partial charge in [0.2, 0.25) is 0 Å². The molecule has 1 saturated heterocycles. The summed E-state index contributed by atoms with van der Waals surface area (Å²) in [5, 5.41) is 31.9. The van der Waals surface area contributed by atoms with Crippen LogP contribution in [-0.4, -0.2) is 38.6 Å². The molecule has 0 aromatic carbocycles. The first-order chi connectivity index (χ1) is 11.6. The maximum absolute atomic E-state index is 12.5. The smallest absolute Gasteiger partial charge is 0.307 e. The Labute approximate surface area is 146 Å². The van der Waals surface area contributed by atoms with Crippen LogP contribution in [0.1, 0.15) is 32.6 Å². The summed E-state index contributed by atoms with van der Waals surface area (Å²) in [5.41, 5.74) is -2.36. The van der Waals surface area contributed by atoms with Crippen LogP contribution >= 0.6 is 0 Å². The molecule has 1 spiro atoms. The van der Waals surface area contributed by atoms with Crippen LogP contribution in [0.3, 0.4) is 0 Å². The molecule has 0 aromatic heterocycles. The van der Waals surface area contributed by atoms with Gasteiger partial charge in [0.15, 0.2) is 0 Å². The van der Waals surface area contributed by atoms with Crippen molar-refractivity contribution < 1.29 is 24.9 Å². The van der Waals surface area contributed by atoms with E-state index in [1.165, 1.54) is 0 Å². The number of ether oxygens (including phenoxy) is 1. The number of aliphatic hydroxyl groups excluding tert-OH is 1. The van der Waals surface area contributed by atoms with Crippen molar-refractivity contribution in [3.05, 3.63) is 36.6 Å². The molecule has 0 aromatic rings. The van der Waals surface area contributed by atoms with E-state index >= 15 is 0 Å². The van der Waals surface area contributed by atoms with Crippen molar-refractivity contribution in [3.8, 4) is 0 Å². The number of fused-ring (bicyclic) bond motifs is 1. The molecule has 25 heavy (non-hydrogen) atoms. The highest BCUT2D eigenvalue weighted by molar-refractivity contribution is 5.75. The quantitative estimate of drug-likeness (QED) is 0.634. The zero-order valence-electron chi connectivity index (χ0n) is 14.4. The fourth-order valence-electron chi connectivity index (χ4n) is 7.28. The lowest BCUT2D eigenvalue weighted by molar-refractivity contribution is -0.152. The Hall–Kier alpha value is -1.59. The zero-order chi connectivity index (χ0) is 18.0. The summed E-state index contributed by atoms with van der Waals surface area (Å²) in [6.07, 6.45) is 5.04. The number of aliphatic carboxylic acids is 1. The van der Waals surface area contributed by atoms with Gasteiger partial charge in [0, 0.05) is 11.8 Å². The van der Waals surface area contributed by atoms with E-state index in [-0.39, 0.29) is 11.8 Å². The van der Waals surface area contributed by atoms with Crippen LogP contribution in [0, 0.1) is 28.6 Å². The van der Waals surface area contributed by atoms with Crippen LogP contribution in [0.2, 0.25) is 0 Å². The number of aliphatic hydroxyl groups is 2. The van der Waals surface area contributed by atoms with Crippen molar-refractivity contribution in [1.29, 1.82) is 0 Å². The van der Waals surface area contributed by atoms with Gasteiger partial charge >= 0.3 is 5.97 Å². The first-order valence-corrected chi connectivity index (χ1v) is 9.01. The number of carboxylic acids is 1. The predicted octanol–water partition coefficient (Wildman–Crippen LogP) is 2.01. The van der Waals surface area contributed by atoms with Gasteiger partial charge in [-0.2, -0.15) is 0 Å². The average Bonchev–Trinajstić information content (AvgIpc) is 2.95. The Morgan fingerprint density at radius 3 is 2.80 bits per heavy atom. The first kappa shape index (κ1) is 15.6. The molecule has 3 N–H and O–H groups in total. The summed E-state index contributed by atoms with van der Waals surface area (Å²) in [6.45, 7) is 9.98. The molecule has 4 fully saturated rings. The molecule has 0 radical (unpaired) electrons. The van der Waals surface area contributed by atoms with E-state index in [1.807, 2.05) is 13.0 Å². The minimum absolute atomic E-state index is 0.0204. The van der Waals surface area contributed by atoms with Gasteiger partial charge in [-0.25, -0.2) is 0 Å². The van der Waals surface area contributed by atoms with Gasteiger partial charge in [0.05, 0.1) is 28.8 Å². The first-order valence-electron chi connectivity index (χ1n) is 9.01. The molecule has 4 aliphatic carbocycles. The van der Waals surface area contributed by atoms with Crippen molar-refractivity contribution in [2.24, 2.45) is 28.6 Å². The predicted molar refractivity (Wildman–Crippen MR) is 89.3 cm³/mol. The second kappa shape index (κ2) is 4.04. The monoisotopic (exact) mass is 344 g/mol. The van der Waals surface area contributed by atoms with Crippen LogP contribution in [0.15, 0.2) is 36.6 Å². The Morgan fingerprint density at radius 1 is 1.40 bits per heavy atom. The fourth-order valence-corrected chi connectivity index (χ4v) is 7.28. The summed E-state index contributed by atoms with van der Waals surface area (Å²) in [6, 6.07) is 0. The number of rotatable bonds is 1. The molecule has 0 unspecified atom stereocenters. The molecular formula is C20H24O5. The molecular weight excluding hydrogens is 320 g/mol. The number of hydrogen-bond acceptors (Lipinski definition) is 4. The summed E-state index contributed by atoms with van der Waals surface area (Å²) < 4.78 is 6.32. The normalized spacial score (nSPS) is 58.0. The molecule has 5 nitrogen and oxygen atoms in total. The van der Waals surface area contributed by atoms with E-state index in [0.29, 0.717) is 31.4 Å². The van der Waals surface area contributed by atoms with Gasteiger partial charge in [-0.3, -0.25) is 4.79 Å². The van der Waals surface area contributed by atoms with Crippen LogP contribution in [-0.2, 0) is 9.53 Å². The highest BCUT2D eigenvalue weighted by Crippen LogP contribution is 2.78. The Kier molecular flexibility index (Phi) is 2.53. The van der Waals surface area contributed by atoms with E-state index in [0.717, 1.165) is 5.57 Å². The van der Waals surface area contributed by atoms with Crippen LogP contribution < -0.4 is 0 Å². The fraction of sp³-hybridized carbons (Fsp3) is 0.650. The lowest BCUT2D eigenvalue weighted by Crippen LogP contribution is -2.49. The minimum Gasteiger partial charge on any atom is -0.487 e. The molecule has 8 atom stereocenters. The largest absolute Gasteiger partial charge is 0.487 e. The molecule has 1 heterocycles. The molecule has 5 heteroatoms. The molecule has 5 rings (SSSR count). The Morgan fingerprint density at radius 2 is 2.12 bits per heavy atom. The van der Waals surface area contributed by atoms with Gasteiger partial charge < -0.3 is 20.1 Å². The van der Waals surface area contributed by atoms with Crippen molar-refractivity contribution in [1.82, 2.24) is 0 Å². The minimum atomic E-state index is -0.964. The molecule has 4 bridgehead atoms. The Bertz CT molecular complexity index is 770. The van der Waals surface area contributed by atoms with Gasteiger partial charge in [0.1, 0.15) is 5.60 Å². The summed E-state index contributed by atoms with van der Waals surface area (Å²) in [7, 11) is 0. The summed E-state index contributed by atoms with van der Waals surface area (Å²) in [5.74, 6) is -1.50. The average molecular weight is 344 g/mol. The van der Waals surface area contributed by atoms with E-state index in [2.05, 4.69) is 13.2 Å². The van der Waals surface area contributed by atoms with Crippen molar-refractivity contribution in [2.75, 3.05) is 0 Å². The third kappa shape index (κ3) is 1.37. The SMILES string of the molecule is C=C1C[C@@]23C[C@]1(O)CC[C@@H]2[C@]12C=C[C@@H](O)[C@](C)(C(=C)O1)[C@@H]2[C@@H]3C(=O)O. The van der Waals surface area contributed by atoms with E-state index in [9.17, 15) is 20.1 Å². The van der Waals surface area contributed by atoms with Gasteiger partial charge in [0.25, 0.3) is 0 Å². The Balaban J connectivity index is 1.78. The molecule has 134 valence electrons. The van der Waals surface area contributed by atoms with E-state index in [4.69, 9.17) is 4.74 Å². The zero-order valence-corrected chi connectivity index (χ0v) is 14.4. The van der Waals surface area contributed by atoms with Gasteiger partial charge in [-0.15, -0.1) is 0 Å². The maximum Gasteiger partial charge on any atom is 0.307 e. The van der Waals surface area contributed by atoms with Crippen LogP contribution in [0.25, 0.3) is 0 Å². The van der Waals surface area contributed by atoms with Gasteiger partial charge in [-0.1, -0.05) is 19.2 Å². The molecule has 0 amide bonds. The highest BCUT2D eigenvalue weighted by atomic mass is 16.5. The number of carboxylic acid groups (broad SMARTS) is 1. The third-order valence-electron chi connectivity index (χ3n) is 8.31. The van der Waals surface area contributed by atoms with Crippen molar-refractivity contribution in [2.45, 2.75) is 49.9 Å². The second-order valence-corrected chi connectivity index (χ2v) is 9.07. The van der Waals surface area contributed by atoms with Crippen LogP contribution in [0.4, 0.5) is 0 Å². The maximum atomic E-state index is 12.5.